The van der Waals surface area contributed by atoms with E-state index in [9.17, 15) is 9.90 Å². The molecule has 2 heterocycles. The number of furan rings is 1. The van der Waals surface area contributed by atoms with Gasteiger partial charge in [-0.05, 0) is 66.4 Å². The molecule has 0 spiro atoms. The van der Waals surface area contributed by atoms with E-state index in [-0.39, 0.29) is 18.9 Å². The van der Waals surface area contributed by atoms with Gasteiger partial charge in [-0.3, -0.25) is 4.79 Å². The van der Waals surface area contributed by atoms with E-state index in [1.807, 2.05) is 36.7 Å². The SMILES string of the molecule is Cc1cc2occ(CC(=O)NCC(C)(O)c3ccsc3)c2cc1C. The Morgan fingerprint density at radius 1 is 1.33 bits per heavy atom. The van der Waals surface area contributed by atoms with Crippen molar-refractivity contribution in [1.29, 1.82) is 0 Å². The van der Waals surface area contributed by atoms with Gasteiger partial charge in [-0.1, -0.05) is 0 Å². The van der Waals surface area contributed by atoms with Crippen molar-refractivity contribution in [3.05, 3.63) is 57.5 Å². The fourth-order valence-corrected chi connectivity index (χ4v) is 3.44. The van der Waals surface area contributed by atoms with Gasteiger partial charge in [0.05, 0.1) is 19.2 Å². The van der Waals surface area contributed by atoms with Gasteiger partial charge in [-0.25, -0.2) is 0 Å². The topological polar surface area (TPSA) is 62.5 Å². The van der Waals surface area contributed by atoms with Crippen molar-refractivity contribution in [1.82, 2.24) is 5.32 Å². The average Bonchev–Trinajstić information content (AvgIpc) is 3.18. The highest BCUT2D eigenvalue weighted by molar-refractivity contribution is 7.08. The molecular weight excluding hydrogens is 322 g/mol. The fourth-order valence-electron chi connectivity index (χ4n) is 2.65. The van der Waals surface area contributed by atoms with Gasteiger partial charge in [-0.2, -0.15) is 11.3 Å². The van der Waals surface area contributed by atoms with Crippen molar-refractivity contribution in [2.45, 2.75) is 32.8 Å². The molecule has 0 bridgehead atoms. The predicted octanol–water partition coefficient (Wildman–Crippen LogP) is 3.68. The second kappa shape index (κ2) is 6.42. The lowest BCUT2D eigenvalue weighted by Gasteiger charge is -2.22. The zero-order valence-electron chi connectivity index (χ0n) is 14.1. The average molecular weight is 343 g/mol. The summed E-state index contributed by atoms with van der Waals surface area (Å²) >= 11 is 1.52. The predicted molar refractivity (Wildman–Crippen MR) is 96.3 cm³/mol. The minimum atomic E-state index is -1.07. The lowest BCUT2D eigenvalue weighted by atomic mass is 9.99. The first-order valence-corrected chi connectivity index (χ1v) is 8.80. The molecule has 0 saturated carbocycles. The first-order valence-electron chi connectivity index (χ1n) is 7.86. The van der Waals surface area contributed by atoms with Gasteiger partial charge in [0.2, 0.25) is 5.91 Å². The zero-order chi connectivity index (χ0) is 17.3. The third-order valence-corrected chi connectivity index (χ3v) is 5.08. The van der Waals surface area contributed by atoms with Crippen LogP contribution in [0.2, 0.25) is 0 Å². The summed E-state index contributed by atoms with van der Waals surface area (Å²) in [4.78, 5) is 12.3. The van der Waals surface area contributed by atoms with E-state index in [1.165, 1.54) is 22.5 Å². The number of amides is 1. The third-order valence-electron chi connectivity index (χ3n) is 4.39. The van der Waals surface area contributed by atoms with Crippen molar-refractivity contribution < 1.29 is 14.3 Å². The van der Waals surface area contributed by atoms with Crippen molar-refractivity contribution in [3.63, 3.8) is 0 Å². The number of rotatable bonds is 5. The Labute approximate surface area is 145 Å². The van der Waals surface area contributed by atoms with Crippen molar-refractivity contribution in [2.24, 2.45) is 0 Å². The number of aliphatic hydroxyl groups is 1. The summed E-state index contributed by atoms with van der Waals surface area (Å²) in [5, 5.41) is 18.0. The second-order valence-electron chi connectivity index (χ2n) is 6.43. The van der Waals surface area contributed by atoms with Crippen LogP contribution in [0.15, 0.2) is 39.6 Å². The largest absolute Gasteiger partial charge is 0.464 e. The maximum Gasteiger partial charge on any atom is 0.224 e. The molecule has 0 aliphatic carbocycles. The van der Waals surface area contributed by atoms with Crippen LogP contribution in [0.4, 0.5) is 0 Å². The lowest BCUT2D eigenvalue weighted by Crippen LogP contribution is -2.38. The Bertz CT molecular complexity index is 862. The molecule has 1 amide bonds. The van der Waals surface area contributed by atoms with Crippen LogP contribution in [0.5, 0.6) is 0 Å². The zero-order valence-corrected chi connectivity index (χ0v) is 14.9. The number of fused-ring (bicyclic) bond motifs is 1. The van der Waals surface area contributed by atoms with Crippen LogP contribution >= 0.6 is 11.3 Å². The molecule has 0 fully saturated rings. The summed E-state index contributed by atoms with van der Waals surface area (Å²) in [6, 6.07) is 5.91. The van der Waals surface area contributed by atoms with E-state index in [2.05, 4.69) is 11.4 Å². The Morgan fingerprint density at radius 3 is 2.79 bits per heavy atom. The summed E-state index contributed by atoms with van der Waals surface area (Å²) in [6.07, 6.45) is 1.87. The van der Waals surface area contributed by atoms with Gasteiger partial charge in [0.15, 0.2) is 0 Å². The van der Waals surface area contributed by atoms with Crippen LogP contribution < -0.4 is 5.32 Å². The highest BCUT2D eigenvalue weighted by Crippen LogP contribution is 2.25. The first kappa shape index (κ1) is 16.7. The van der Waals surface area contributed by atoms with Crippen LogP contribution in [0, 0.1) is 13.8 Å². The summed E-state index contributed by atoms with van der Waals surface area (Å²) in [6.45, 7) is 5.96. The molecule has 4 nitrogen and oxygen atoms in total. The van der Waals surface area contributed by atoms with Gasteiger partial charge >= 0.3 is 0 Å². The van der Waals surface area contributed by atoms with Gasteiger partial charge in [0.25, 0.3) is 0 Å². The van der Waals surface area contributed by atoms with Gasteiger partial charge in [0, 0.05) is 10.9 Å². The molecule has 1 atom stereocenters. The van der Waals surface area contributed by atoms with E-state index in [0.717, 1.165) is 22.1 Å². The van der Waals surface area contributed by atoms with E-state index < -0.39 is 5.60 Å². The van der Waals surface area contributed by atoms with Gasteiger partial charge < -0.3 is 14.8 Å². The third kappa shape index (κ3) is 3.37. The minimum absolute atomic E-state index is 0.133. The molecule has 5 heteroatoms. The van der Waals surface area contributed by atoms with Crippen molar-refractivity contribution in [3.8, 4) is 0 Å². The molecule has 3 rings (SSSR count). The molecule has 1 unspecified atom stereocenters. The Balaban J connectivity index is 1.68. The smallest absolute Gasteiger partial charge is 0.224 e. The van der Waals surface area contributed by atoms with Crippen LogP contribution in [-0.2, 0) is 16.8 Å². The molecule has 0 aliphatic heterocycles. The first-order chi connectivity index (χ1) is 11.4. The molecular formula is C19H21NO3S. The van der Waals surface area contributed by atoms with Crippen molar-refractivity contribution >= 4 is 28.2 Å². The highest BCUT2D eigenvalue weighted by Gasteiger charge is 2.24. The fraction of sp³-hybridized carbons (Fsp3) is 0.316. The monoisotopic (exact) mass is 343 g/mol. The normalized spacial score (nSPS) is 13.8. The van der Waals surface area contributed by atoms with E-state index >= 15 is 0 Å². The summed E-state index contributed by atoms with van der Waals surface area (Å²) in [5.41, 5.74) is 3.74. The van der Waals surface area contributed by atoms with E-state index in [4.69, 9.17) is 4.42 Å². The van der Waals surface area contributed by atoms with Crippen molar-refractivity contribution in [2.75, 3.05) is 6.54 Å². The van der Waals surface area contributed by atoms with Crippen LogP contribution in [0.3, 0.4) is 0 Å². The Hall–Kier alpha value is -2.11. The maximum absolute atomic E-state index is 12.3. The molecule has 0 radical (unpaired) electrons. The lowest BCUT2D eigenvalue weighted by molar-refractivity contribution is -0.121. The molecule has 1 aromatic carbocycles. The summed E-state index contributed by atoms with van der Waals surface area (Å²) in [7, 11) is 0. The standard InChI is InChI=1S/C19H21NO3S/c1-12-6-16-14(9-23-17(16)7-13(12)2)8-18(21)20-11-19(3,22)15-4-5-24-10-15/h4-7,9-10,22H,8,11H2,1-3H3,(H,20,21). The molecule has 0 saturated heterocycles. The molecule has 24 heavy (non-hydrogen) atoms. The molecule has 126 valence electrons. The number of carbonyl (C=O) groups is 1. The summed E-state index contributed by atoms with van der Waals surface area (Å²) < 4.78 is 5.56. The highest BCUT2D eigenvalue weighted by atomic mass is 32.1. The van der Waals surface area contributed by atoms with Crippen LogP contribution in [-0.4, -0.2) is 17.6 Å². The maximum atomic E-state index is 12.3. The van der Waals surface area contributed by atoms with Crippen LogP contribution in [0.25, 0.3) is 11.0 Å². The molecule has 2 N–H and O–H groups in total. The Kier molecular flexibility index (Phi) is 4.47. The molecule has 0 aliphatic rings. The van der Waals surface area contributed by atoms with E-state index in [1.54, 1.807) is 13.2 Å². The number of aryl methyl sites for hydroxylation is 2. The number of hydrogen-bond acceptors (Lipinski definition) is 4. The summed E-state index contributed by atoms with van der Waals surface area (Å²) in [5.74, 6) is -0.133. The second-order valence-corrected chi connectivity index (χ2v) is 7.21. The molecule has 3 aromatic rings. The minimum Gasteiger partial charge on any atom is -0.464 e. The van der Waals surface area contributed by atoms with Gasteiger partial charge in [0.1, 0.15) is 11.2 Å². The molecule has 2 aromatic heterocycles. The quantitative estimate of drug-likeness (QED) is 0.743. The number of thiophene rings is 1. The number of carbonyl (C=O) groups excluding carboxylic acids is 1. The number of nitrogens with one attached hydrogen (secondary N) is 1. The van der Waals surface area contributed by atoms with Crippen LogP contribution in [0.1, 0.15) is 29.2 Å². The van der Waals surface area contributed by atoms with Gasteiger partial charge in [-0.15, -0.1) is 0 Å². The van der Waals surface area contributed by atoms with E-state index in [0.29, 0.717) is 0 Å². The number of benzene rings is 1. The number of hydrogen-bond donors (Lipinski definition) is 2. The Morgan fingerprint density at radius 2 is 2.08 bits per heavy atom.